The van der Waals surface area contributed by atoms with Crippen molar-refractivity contribution in [2.24, 2.45) is 0 Å². The minimum atomic E-state index is -0.446. The van der Waals surface area contributed by atoms with E-state index in [4.69, 9.17) is 16.3 Å². The van der Waals surface area contributed by atoms with Crippen LogP contribution in [0, 0.1) is 0 Å². The van der Waals surface area contributed by atoms with Crippen LogP contribution in [0.3, 0.4) is 0 Å². The van der Waals surface area contributed by atoms with Crippen molar-refractivity contribution in [1.82, 2.24) is 0 Å². The van der Waals surface area contributed by atoms with E-state index in [0.717, 1.165) is 11.3 Å². The van der Waals surface area contributed by atoms with Gasteiger partial charge in [0, 0.05) is 5.88 Å². The molecule has 0 spiro atoms. The fourth-order valence-corrected chi connectivity index (χ4v) is 6.11. The van der Waals surface area contributed by atoms with Gasteiger partial charge in [-0.2, -0.15) is 0 Å². The monoisotopic (exact) mass is 494 g/mol. The number of alkyl halides is 1. The summed E-state index contributed by atoms with van der Waals surface area (Å²) in [5.41, 5.74) is 2.24. The van der Waals surface area contributed by atoms with Crippen LogP contribution in [0.2, 0.25) is 0 Å². The molecule has 0 aliphatic rings. The summed E-state index contributed by atoms with van der Waals surface area (Å²) in [5, 5.41) is 4.19. The zero-order valence-electron chi connectivity index (χ0n) is 19.5. The van der Waals surface area contributed by atoms with Gasteiger partial charge in [0.1, 0.15) is 12.4 Å². The second kappa shape index (κ2) is 13.5. The lowest BCUT2D eigenvalue weighted by Crippen LogP contribution is -2.20. The lowest BCUT2D eigenvalue weighted by Gasteiger charge is -2.18. The smallest absolute Gasteiger partial charge is 0.120 e. The minimum absolute atomic E-state index is 0.446. The second-order valence-electron chi connectivity index (χ2n) is 7.90. The number of halogens is 1. The van der Waals surface area contributed by atoms with Crippen molar-refractivity contribution < 1.29 is 4.74 Å². The van der Waals surface area contributed by atoms with Crippen LogP contribution in [0.5, 0.6) is 5.75 Å². The van der Waals surface area contributed by atoms with Crippen molar-refractivity contribution in [2.75, 3.05) is 0 Å². The van der Waals surface area contributed by atoms with Crippen LogP contribution in [0.1, 0.15) is 11.1 Å². The van der Waals surface area contributed by atoms with Gasteiger partial charge in [-0.1, -0.05) is 133 Å². The Morgan fingerprint density at radius 1 is 0.486 bits per heavy atom. The van der Waals surface area contributed by atoms with Gasteiger partial charge in [-0.25, -0.2) is 0 Å². The number of benzene rings is 5. The molecule has 0 bridgehead atoms. The van der Waals surface area contributed by atoms with E-state index in [9.17, 15) is 0 Å². The van der Waals surface area contributed by atoms with Crippen LogP contribution >= 0.6 is 19.5 Å². The summed E-state index contributed by atoms with van der Waals surface area (Å²) in [6.07, 6.45) is 0. The summed E-state index contributed by atoms with van der Waals surface area (Å²) < 4.78 is 5.68. The Hall–Kier alpha value is -3.38. The van der Waals surface area contributed by atoms with E-state index in [1.54, 1.807) is 0 Å². The molecule has 0 unspecified atom stereocenters. The standard InChI is InChI=1S/C18H15P.C14H13ClO/c1-4-10-16(11-5-1)19(17-12-6-2-7-13-17)18-14-8-3-9-15-18;15-10-13-7-4-8-14(9-13)16-11-12-5-2-1-3-6-12/h1-15H;1-9H,10-11H2. The van der Waals surface area contributed by atoms with E-state index in [1.807, 2.05) is 54.6 Å². The first-order valence-corrected chi connectivity index (χ1v) is 13.5. The number of ether oxygens (including phenoxy) is 1. The first kappa shape index (κ1) is 24.7. The highest BCUT2D eigenvalue weighted by Gasteiger charge is 2.15. The third-order valence-corrected chi connectivity index (χ3v) is 8.10. The molecule has 0 aliphatic carbocycles. The molecule has 0 atom stereocenters. The molecule has 0 radical (unpaired) electrons. The zero-order chi connectivity index (χ0) is 24.1. The lowest BCUT2D eigenvalue weighted by atomic mass is 10.2. The molecular formula is C32H28ClOP. The SMILES string of the molecule is ClCc1cccc(OCc2ccccc2)c1.c1ccc(P(c2ccccc2)c2ccccc2)cc1. The molecule has 5 aromatic carbocycles. The van der Waals surface area contributed by atoms with Gasteiger partial charge in [-0.3, -0.25) is 0 Å². The maximum absolute atomic E-state index is 5.76. The van der Waals surface area contributed by atoms with Crippen LogP contribution in [-0.2, 0) is 12.5 Å². The maximum Gasteiger partial charge on any atom is 0.120 e. The van der Waals surface area contributed by atoms with Crippen molar-refractivity contribution in [2.45, 2.75) is 12.5 Å². The van der Waals surface area contributed by atoms with Crippen molar-refractivity contribution >= 4 is 35.4 Å². The van der Waals surface area contributed by atoms with Crippen molar-refractivity contribution in [1.29, 1.82) is 0 Å². The largest absolute Gasteiger partial charge is 0.489 e. The zero-order valence-corrected chi connectivity index (χ0v) is 21.2. The van der Waals surface area contributed by atoms with Gasteiger partial charge in [0.25, 0.3) is 0 Å². The quantitative estimate of drug-likeness (QED) is 0.169. The third kappa shape index (κ3) is 7.55. The van der Waals surface area contributed by atoms with Gasteiger partial charge >= 0.3 is 0 Å². The molecule has 0 fully saturated rings. The molecule has 0 aliphatic heterocycles. The fourth-order valence-electron chi connectivity index (χ4n) is 3.64. The predicted molar refractivity (Wildman–Crippen MR) is 152 cm³/mol. The van der Waals surface area contributed by atoms with Gasteiger partial charge in [0.05, 0.1) is 0 Å². The van der Waals surface area contributed by atoms with Crippen LogP contribution in [0.4, 0.5) is 0 Å². The van der Waals surface area contributed by atoms with Crippen molar-refractivity contribution in [3.8, 4) is 5.75 Å². The lowest BCUT2D eigenvalue weighted by molar-refractivity contribution is 0.306. The number of hydrogen-bond acceptors (Lipinski definition) is 1. The molecule has 0 saturated carbocycles. The Kier molecular flexibility index (Phi) is 9.54. The van der Waals surface area contributed by atoms with Gasteiger partial charge in [-0.05, 0) is 47.1 Å². The molecule has 0 aromatic heterocycles. The topological polar surface area (TPSA) is 9.23 Å². The number of rotatable bonds is 7. The van der Waals surface area contributed by atoms with E-state index >= 15 is 0 Å². The molecule has 0 amide bonds. The minimum Gasteiger partial charge on any atom is -0.489 e. The van der Waals surface area contributed by atoms with Crippen LogP contribution in [-0.4, -0.2) is 0 Å². The van der Waals surface area contributed by atoms with E-state index in [2.05, 4.69) is 91.0 Å². The highest BCUT2D eigenvalue weighted by molar-refractivity contribution is 7.79. The highest BCUT2D eigenvalue weighted by Crippen LogP contribution is 2.32. The Morgan fingerprint density at radius 3 is 1.37 bits per heavy atom. The average molecular weight is 495 g/mol. The summed E-state index contributed by atoms with van der Waals surface area (Å²) in [4.78, 5) is 0. The van der Waals surface area contributed by atoms with Crippen LogP contribution < -0.4 is 20.7 Å². The summed E-state index contributed by atoms with van der Waals surface area (Å²) in [7, 11) is -0.446. The molecule has 0 heterocycles. The van der Waals surface area contributed by atoms with E-state index in [0.29, 0.717) is 12.5 Å². The number of hydrogen-bond donors (Lipinski definition) is 0. The Bertz CT molecular complexity index is 1170. The molecular weight excluding hydrogens is 467 g/mol. The average Bonchev–Trinajstić information content (AvgIpc) is 2.95. The van der Waals surface area contributed by atoms with Gasteiger partial charge < -0.3 is 4.74 Å². The van der Waals surface area contributed by atoms with Gasteiger partial charge in [-0.15, -0.1) is 11.6 Å². The van der Waals surface area contributed by atoms with Crippen molar-refractivity contribution in [3.05, 3.63) is 157 Å². The fraction of sp³-hybridized carbons (Fsp3) is 0.0625. The Labute approximate surface area is 214 Å². The molecule has 5 aromatic rings. The molecule has 35 heavy (non-hydrogen) atoms. The van der Waals surface area contributed by atoms with E-state index in [-0.39, 0.29) is 0 Å². The second-order valence-corrected chi connectivity index (χ2v) is 10.4. The van der Waals surface area contributed by atoms with Crippen LogP contribution in [0.25, 0.3) is 0 Å². The molecule has 174 valence electrons. The van der Waals surface area contributed by atoms with Gasteiger partial charge in [0.15, 0.2) is 0 Å². The summed E-state index contributed by atoms with van der Waals surface area (Å²) in [6.45, 7) is 0.590. The molecule has 3 heteroatoms. The van der Waals surface area contributed by atoms with E-state index in [1.165, 1.54) is 21.5 Å². The first-order chi connectivity index (χ1) is 17.3. The van der Waals surface area contributed by atoms with Crippen LogP contribution in [0.15, 0.2) is 146 Å². The normalized spacial score (nSPS) is 10.3. The maximum atomic E-state index is 5.76. The van der Waals surface area contributed by atoms with Gasteiger partial charge in [0.2, 0.25) is 0 Å². The molecule has 5 rings (SSSR count). The molecule has 0 N–H and O–H groups in total. The Morgan fingerprint density at radius 2 is 0.914 bits per heavy atom. The summed E-state index contributed by atoms with van der Waals surface area (Å²) in [6, 6.07) is 50.3. The molecule has 1 nitrogen and oxygen atoms in total. The highest BCUT2D eigenvalue weighted by atomic mass is 35.5. The first-order valence-electron chi connectivity index (χ1n) is 11.6. The van der Waals surface area contributed by atoms with E-state index < -0.39 is 7.92 Å². The third-order valence-electron chi connectivity index (χ3n) is 5.34. The summed E-state index contributed by atoms with van der Waals surface area (Å²) in [5.74, 6) is 1.38. The van der Waals surface area contributed by atoms with Crippen molar-refractivity contribution in [3.63, 3.8) is 0 Å². The summed E-state index contributed by atoms with van der Waals surface area (Å²) >= 11 is 5.76. The Balaban J connectivity index is 0.000000168. The predicted octanol–water partition coefficient (Wildman–Crippen LogP) is 7.45. The molecule has 0 saturated heterocycles.